The van der Waals surface area contributed by atoms with Crippen LogP contribution in [0.2, 0.25) is 0 Å². The topological polar surface area (TPSA) is 58.9 Å². The van der Waals surface area contributed by atoms with Gasteiger partial charge in [-0.05, 0) is 24.8 Å². The monoisotopic (exact) mass is 235 g/mol. The summed E-state index contributed by atoms with van der Waals surface area (Å²) in [6, 6.07) is 10.1. The van der Waals surface area contributed by atoms with Crippen LogP contribution in [0.4, 0.5) is 0 Å². The Morgan fingerprint density at radius 3 is 2.65 bits per heavy atom. The molecule has 4 heteroatoms. The van der Waals surface area contributed by atoms with E-state index in [4.69, 9.17) is 9.94 Å². The highest BCUT2D eigenvalue weighted by Gasteiger charge is 2.05. The molecule has 0 saturated heterocycles. The van der Waals surface area contributed by atoms with Crippen molar-refractivity contribution in [2.75, 3.05) is 6.61 Å². The number of benzene rings is 1. The maximum atomic E-state index is 10.5. The lowest BCUT2D eigenvalue weighted by atomic mass is 10.0. The predicted octanol–water partition coefficient (Wildman–Crippen LogP) is 2.34. The molecule has 92 valence electrons. The summed E-state index contributed by atoms with van der Waals surface area (Å²) in [7, 11) is 0. The van der Waals surface area contributed by atoms with E-state index in [1.165, 1.54) is 12.5 Å². The van der Waals surface area contributed by atoms with Gasteiger partial charge < -0.3 is 9.94 Å². The Hall–Kier alpha value is -1.84. The van der Waals surface area contributed by atoms with Gasteiger partial charge in [0, 0.05) is 0 Å². The van der Waals surface area contributed by atoms with Crippen LogP contribution in [-0.4, -0.2) is 23.4 Å². The first kappa shape index (κ1) is 13.2. The van der Waals surface area contributed by atoms with Gasteiger partial charge in [0.1, 0.15) is 6.61 Å². The van der Waals surface area contributed by atoms with Crippen molar-refractivity contribution in [3.63, 3.8) is 0 Å². The molecule has 4 nitrogen and oxygen atoms in total. The Morgan fingerprint density at radius 2 is 2.06 bits per heavy atom. The molecule has 1 rings (SSSR count). The molecular weight excluding hydrogens is 218 g/mol. The average Bonchev–Trinajstić information content (AvgIpc) is 2.30. The Bertz CT molecular complexity index is 387. The maximum Gasteiger partial charge on any atom is 0.353 e. The molecule has 1 aromatic carbocycles. The standard InChI is InChI=1S/C13H17NO3/c1-10(8-12-6-4-3-5-7-12)9-17-14-11(2)13(15)16/h3-7,10H,8-9H2,1-2H3,(H,15,16). The van der Waals surface area contributed by atoms with E-state index in [2.05, 4.69) is 17.3 Å². The van der Waals surface area contributed by atoms with Crippen LogP contribution in [0.3, 0.4) is 0 Å². The smallest absolute Gasteiger partial charge is 0.353 e. The number of carbonyl (C=O) groups is 1. The van der Waals surface area contributed by atoms with Crippen molar-refractivity contribution >= 4 is 11.7 Å². The number of hydrogen-bond acceptors (Lipinski definition) is 3. The second-order valence-electron chi connectivity index (χ2n) is 4.07. The number of hydrogen-bond donors (Lipinski definition) is 1. The fraction of sp³-hybridized carbons (Fsp3) is 0.385. The molecule has 0 fully saturated rings. The Morgan fingerprint density at radius 1 is 1.41 bits per heavy atom. The molecule has 0 radical (unpaired) electrons. The average molecular weight is 235 g/mol. The molecule has 1 aromatic rings. The van der Waals surface area contributed by atoms with E-state index in [-0.39, 0.29) is 5.71 Å². The van der Waals surface area contributed by atoms with Crippen molar-refractivity contribution in [3.8, 4) is 0 Å². The summed E-state index contributed by atoms with van der Waals surface area (Å²) in [5.74, 6) is -0.761. The summed E-state index contributed by atoms with van der Waals surface area (Å²) in [5, 5.41) is 12.1. The summed E-state index contributed by atoms with van der Waals surface area (Å²) >= 11 is 0. The molecule has 0 spiro atoms. The van der Waals surface area contributed by atoms with E-state index in [0.29, 0.717) is 12.5 Å². The molecule has 1 atom stereocenters. The molecule has 0 aromatic heterocycles. The van der Waals surface area contributed by atoms with Gasteiger partial charge in [-0.25, -0.2) is 4.79 Å². The molecule has 0 aliphatic carbocycles. The third-order valence-electron chi connectivity index (χ3n) is 2.30. The first-order valence-electron chi connectivity index (χ1n) is 5.53. The summed E-state index contributed by atoms with van der Waals surface area (Å²) in [6.07, 6.45) is 0.891. The summed E-state index contributed by atoms with van der Waals surface area (Å²) in [4.78, 5) is 15.5. The van der Waals surface area contributed by atoms with Crippen molar-refractivity contribution in [2.45, 2.75) is 20.3 Å². The zero-order valence-corrected chi connectivity index (χ0v) is 10.1. The maximum absolute atomic E-state index is 10.5. The second kappa shape index (κ2) is 6.68. The van der Waals surface area contributed by atoms with Gasteiger partial charge in [0.05, 0.1) is 0 Å². The van der Waals surface area contributed by atoms with Crippen LogP contribution in [0.5, 0.6) is 0 Å². The predicted molar refractivity (Wildman–Crippen MR) is 66.0 cm³/mol. The SMILES string of the molecule is CC(=NOCC(C)Cc1ccccc1)C(=O)O. The van der Waals surface area contributed by atoms with Crippen molar-refractivity contribution in [3.05, 3.63) is 35.9 Å². The second-order valence-corrected chi connectivity index (χ2v) is 4.07. The Balaban J connectivity index is 2.34. The van der Waals surface area contributed by atoms with Crippen LogP contribution in [0.25, 0.3) is 0 Å². The number of carboxylic acids is 1. The number of carboxylic acid groups (broad SMARTS) is 1. The molecule has 17 heavy (non-hydrogen) atoms. The number of nitrogens with zero attached hydrogens (tertiary/aromatic N) is 1. The lowest BCUT2D eigenvalue weighted by Gasteiger charge is -2.09. The van der Waals surface area contributed by atoms with Gasteiger partial charge in [-0.3, -0.25) is 0 Å². The van der Waals surface area contributed by atoms with Gasteiger partial charge in [-0.1, -0.05) is 42.4 Å². The van der Waals surface area contributed by atoms with Crippen LogP contribution >= 0.6 is 0 Å². The van der Waals surface area contributed by atoms with Crippen molar-refractivity contribution in [1.29, 1.82) is 0 Å². The van der Waals surface area contributed by atoms with Crippen LogP contribution < -0.4 is 0 Å². The number of aliphatic carboxylic acids is 1. The molecule has 0 bridgehead atoms. The van der Waals surface area contributed by atoms with Crippen LogP contribution in [0.15, 0.2) is 35.5 Å². The van der Waals surface area contributed by atoms with Gasteiger partial charge in [-0.2, -0.15) is 0 Å². The minimum Gasteiger partial charge on any atom is -0.477 e. The van der Waals surface area contributed by atoms with Gasteiger partial charge >= 0.3 is 5.97 Å². The molecule has 0 saturated carbocycles. The zero-order valence-electron chi connectivity index (χ0n) is 10.1. The fourth-order valence-corrected chi connectivity index (χ4v) is 1.38. The zero-order chi connectivity index (χ0) is 12.7. The summed E-state index contributed by atoms with van der Waals surface area (Å²) in [6.45, 7) is 3.86. The Kier molecular flexibility index (Phi) is 5.20. The lowest BCUT2D eigenvalue weighted by molar-refractivity contribution is -0.129. The highest BCUT2D eigenvalue weighted by molar-refractivity contribution is 6.34. The third kappa shape index (κ3) is 5.15. The molecule has 1 unspecified atom stereocenters. The van der Waals surface area contributed by atoms with Crippen molar-refractivity contribution in [2.24, 2.45) is 11.1 Å². The van der Waals surface area contributed by atoms with Gasteiger partial charge in [0.2, 0.25) is 0 Å². The van der Waals surface area contributed by atoms with Gasteiger partial charge in [0.25, 0.3) is 0 Å². The van der Waals surface area contributed by atoms with Gasteiger partial charge in [-0.15, -0.1) is 0 Å². The molecular formula is C13H17NO3. The minimum absolute atomic E-state index is 0.0306. The van der Waals surface area contributed by atoms with E-state index in [1.807, 2.05) is 25.1 Å². The summed E-state index contributed by atoms with van der Waals surface area (Å²) in [5.41, 5.74) is 1.21. The van der Waals surface area contributed by atoms with E-state index in [0.717, 1.165) is 6.42 Å². The number of oxime groups is 1. The van der Waals surface area contributed by atoms with Crippen LogP contribution in [-0.2, 0) is 16.1 Å². The minimum atomic E-state index is -1.05. The summed E-state index contributed by atoms with van der Waals surface area (Å²) < 4.78 is 0. The Labute approximate surface area is 101 Å². The fourth-order valence-electron chi connectivity index (χ4n) is 1.38. The lowest BCUT2D eigenvalue weighted by Crippen LogP contribution is -2.11. The van der Waals surface area contributed by atoms with Crippen LogP contribution in [0.1, 0.15) is 19.4 Å². The molecule has 0 aliphatic rings. The van der Waals surface area contributed by atoms with Gasteiger partial charge in [0.15, 0.2) is 5.71 Å². The normalized spacial score (nSPS) is 13.2. The highest BCUT2D eigenvalue weighted by atomic mass is 16.6. The van der Waals surface area contributed by atoms with Crippen molar-refractivity contribution in [1.82, 2.24) is 0 Å². The first-order valence-corrected chi connectivity index (χ1v) is 5.53. The molecule has 1 N–H and O–H groups in total. The number of rotatable bonds is 6. The quantitative estimate of drug-likeness (QED) is 0.608. The molecule has 0 aliphatic heterocycles. The molecule has 0 heterocycles. The molecule has 0 amide bonds. The van der Waals surface area contributed by atoms with Crippen LogP contribution in [0, 0.1) is 5.92 Å². The van der Waals surface area contributed by atoms with Crippen molar-refractivity contribution < 1.29 is 14.7 Å². The highest BCUT2D eigenvalue weighted by Crippen LogP contribution is 2.08. The third-order valence-corrected chi connectivity index (χ3v) is 2.30. The van der Waals surface area contributed by atoms with E-state index in [9.17, 15) is 4.79 Å². The first-order chi connectivity index (χ1) is 8.09. The van der Waals surface area contributed by atoms with E-state index < -0.39 is 5.97 Å². The largest absolute Gasteiger partial charge is 0.477 e. The van der Waals surface area contributed by atoms with E-state index >= 15 is 0 Å². The van der Waals surface area contributed by atoms with E-state index in [1.54, 1.807) is 0 Å².